The maximum absolute atomic E-state index is 12.7. The van der Waals surface area contributed by atoms with Crippen LogP contribution >= 0.6 is 0 Å². The summed E-state index contributed by atoms with van der Waals surface area (Å²) in [5.74, 6) is -0.187. The minimum Gasteiger partial charge on any atom is -0.489 e. The standard InChI is InChI=1S/C19H16F3N3O3/c1-11-3-5-14(6-4-11)27-10-13-9-15(28-12(13)2)17(26)25-18-23-8-7-16(24-18)19(20,21)22/h3-9H,10H2,1-2H3,(H,23,24,25,26). The van der Waals surface area contributed by atoms with Gasteiger partial charge in [0.15, 0.2) is 5.76 Å². The van der Waals surface area contributed by atoms with E-state index in [0.717, 1.165) is 11.8 Å². The van der Waals surface area contributed by atoms with Crippen molar-refractivity contribution in [2.24, 2.45) is 0 Å². The first-order valence-electron chi connectivity index (χ1n) is 8.23. The van der Waals surface area contributed by atoms with Crippen molar-refractivity contribution >= 4 is 11.9 Å². The highest BCUT2D eigenvalue weighted by molar-refractivity contribution is 6.01. The third kappa shape index (κ3) is 4.67. The number of ether oxygens (including phenoxy) is 1. The van der Waals surface area contributed by atoms with Crippen molar-refractivity contribution in [2.75, 3.05) is 5.32 Å². The molecule has 0 saturated heterocycles. The summed E-state index contributed by atoms with van der Waals surface area (Å²) in [6.07, 6.45) is -3.72. The molecule has 146 valence electrons. The molecule has 0 saturated carbocycles. The molecule has 2 aromatic heterocycles. The molecule has 0 aliphatic heterocycles. The number of amides is 1. The Labute approximate surface area is 158 Å². The van der Waals surface area contributed by atoms with Crippen molar-refractivity contribution in [3.8, 4) is 5.75 Å². The molecule has 0 spiro atoms. The molecule has 2 heterocycles. The molecule has 0 aliphatic rings. The van der Waals surface area contributed by atoms with Crippen LogP contribution in [0.5, 0.6) is 5.75 Å². The summed E-state index contributed by atoms with van der Waals surface area (Å²) in [5, 5.41) is 2.20. The maximum Gasteiger partial charge on any atom is 0.433 e. The van der Waals surface area contributed by atoms with Gasteiger partial charge in [0.1, 0.15) is 23.8 Å². The average molecular weight is 391 g/mol. The predicted molar refractivity (Wildman–Crippen MR) is 93.9 cm³/mol. The summed E-state index contributed by atoms with van der Waals surface area (Å²) >= 11 is 0. The lowest BCUT2D eigenvalue weighted by atomic mass is 10.2. The molecule has 6 nitrogen and oxygen atoms in total. The highest BCUT2D eigenvalue weighted by Crippen LogP contribution is 2.27. The van der Waals surface area contributed by atoms with Crippen molar-refractivity contribution in [3.63, 3.8) is 0 Å². The number of aryl methyl sites for hydroxylation is 2. The minimum atomic E-state index is -4.63. The monoisotopic (exact) mass is 391 g/mol. The number of halogens is 3. The van der Waals surface area contributed by atoms with Crippen LogP contribution in [0.3, 0.4) is 0 Å². The third-order valence-electron chi connectivity index (χ3n) is 3.83. The predicted octanol–water partition coefficient (Wildman–Crippen LogP) is 4.54. The number of rotatable bonds is 5. The van der Waals surface area contributed by atoms with Gasteiger partial charge >= 0.3 is 6.18 Å². The van der Waals surface area contributed by atoms with Gasteiger partial charge in [-0.1, -0.05) is 17.7 Å². The number of nitrogens with zero attached hydrogens (tertiary/aromatic N) is 2. The molecule has 3 rings (SSSR count). The Morgan fingerprint density at radius 1 is 1.18 bits per heavy atom. The maximum atomic E-state index is 12.7. The lowest BCUT2D eigenvalue weighted by molar-refractivity contribution is -0.141. The van der Waals surface area contributed by atoms with Crippen molar-refractivity contribution in [3.05, 3.63) is 70.9 Å². The second kappa shape index (κ2) is 7.71. The molecule has 0 fully saturated rings. The molecular formula is C19H16F3N3O3. The average Bonchev–Trinajstić information content (AvgIpc) is 3.02. The van der Waals surface area contributed by atoms with Gasteiger partial charge in [-0.25, -0.2) is 9.97 Å². The minimum absolute atomic E-state index is 0.0824. The zero-order valence-corrected chi connectivity index (χ0v) is 15.0. The number of furan rings is 1. The molecule has 9 heteroatoms. The Kier molecular flexibility index (Phi) is 5.34. The van der Waals surface area contributed by atoms with Gasteiger partial charge in [0, 0.05) is 11.8 Å². The van der Waals surface area contributed by atoms with E-state index in [1.54, 1.807) is 6.92 Å². The van der Waals surface area contributed by atoms with Gasteiger partial charge in [0.05, 0.1) is 0 Å². The molecule has 0 aliphatic carbocycles. The van der Waals surface area contributed by atoms with E-state index >= 15 is 0 Å². The van der Waals surface area contributed by atoms with Crippen molar-refractivity contribution in [1.29, 1.82) is 0 Å². The van der Waals surface area contributed by atoms with Crippen LogP contribution in [-0.2, 0) is 12.8 Å². The van der Waals surface area contributed by atoms with Gasteiger partial charge in [-0.15, -0.1) is 0 Å². The van der Waals surface area contributed by atoms with Crippen molar-refractivity contribution in [1.82, 2.24) is 9.97 Å². The number of aromatic nitrogens is 2. The third-order valence-corrected chi connectivity index (χ3v) is 3.83. The number of nitrogens with one attached hydrogen (secondary N) is 1. The van der Waals surface area contributed by atoms with Gasteiger partial charge in [0.2, 0.25) is 5.95 Å². The molecule has 0 bridgehead atoms. The molecule has 0 radical (unpaired) electrons. The number of alkyl halides is 3. The molecule has 28 heavy (non-hydrogen) atoms. The Hall–Kier alpha value is -3.36. The zero-order chi connectivity index (χ0) is 20.3. The van der Waals surface area contributed by atoms with Crippen LogP contribution in [0.25, 0.3) is 0 Å². The second-order valence-corrected chi connectivity index (χ2v) is 6.01. The normalized spacial score (nSPS) is 11.3. The smallest absolute Gasteiger partial charge is 0.433 e. The number of hydrogen-bond donors (Lipinski definition) is 1. The first kappa shape index (κ1) is 19.4. The van der Waals surface area contributed by atoms with Crippen LogP contribution in [-0.4, -0.2) is 15.9 Å². The van der Waals surface area contributed by atoms with Gasteiger partial charge in [-0.2, -0.15) is 13.2 Å². The molecule has 0 unspecified atom stereocenters. The summed E-state index contributed by atoms with van der Waals surface area (Å²) in [6, 6.07) is 9.64. The highest BCUT2D eigenvalue weighted by Gasteiger charge is 2.33. The van der Waals surface area contributed by atoms with E-state index in [9.17, 15) is 18.0 Å². The lowest BCUT2D eigenvalue weighted by Gasteiger charge is -2.07. The van der Waals surface area contributed by atoms with Crippen molar-refractivity contribution < 1.29 is 27.1 Å². The second-order valence-electron chi connectivity index (χ2n) is 6.01. The van der Waals surface area contributed by atoms with Gasteiger partial charge in [-0.05, 0) is 38.1 Å². The molecule has 0 atom stereocenters. The van der Waals surface area contributed by atoms with Crippen LogP contribution in [0, 0.1) is 13.8 Å². The summed E-state index contributed by atoms with van der Waals surface area (Å²) in [4.78, 5) is 19.2. The van der Waals surface area contributed by atoms with Crippen LogP contribution < -0.4 is 10.1 Å². The van der Waals surface area contributed by atoms with Gasteiger partial charge in [-0.3, -0.25) is 10.1 Å². The molecule has 1 aromatic carbocycles. The Morgan fingerprint density at radius 3 is 2.57 bits per heavy atom. The summed E-state index contributed by atoms with van der Waals surface area (Å²) in [6.45, 7) is 3.79. The van der Waals surface area contributed by atoms with Crippen LogP contribution in [0.1, 0.15) is 33.1 Å². The van der Waals surface area contributed by atoms with E-state index < -0.39 is 23.7 Å². The number of carbonyl (C=O) groups is 1. The zero-order valence-electron chi connectivity index (χ0n) is 15.0. The number of carbonyl (C=O) groups excluding carboxylic acids is 1. The summed E-state index contributed by atoms with van der Waals surface area (Å²) in [5.41, 5.74) is 0.582. The van der Waals surface area contributed by atoms with Crippen molar-refractivity contribution in [2.45, 2.75) is 26.6 Å². The number of anilines is 1. The Bertz CT molecular complexity index is 982. The van der Waals surface area contributed by atoms with E-state index in [-0.39, 0.29) is 12.4 Å². The van der Waals surface area contributed by atoms with Crippen LogP contribution in [0.4, 0.5) is 19.1 Å². The van der Waals surface area contributed by atoms with E-state index in [4.69, 9.17) is 9.15 Å². The first-order chi connectivity index (χ1) is 13.2. The van der Waals surface area contributed by atoms with Crippen LogP contribution in [0.15, 0.2) is 47.0 Å². The van der Waals surface area contributed by atoms with E-state index in [0.29, 0.717) is 23.1 Å². The largest absolute Gasteiger partial charge is 0.489 e. The number of benzene rings is 1. The van der Waals surface area contributed by atoms with Crippen LogP contribution in [0.2, 0.25) is 0 Å². The first-order valence-corrected chi connectivity index (χ1v) is 8.23. The molecule has 1 amide bonds. The lowest BCUT2D eigenvalue weighted by Crippen LogP contribution is -2.16. The fourth-order valence-corrected chi connectivity index (χ4v) is 2.31. The Balaban J connectivity index is 1.68. The molecular weight excluding hydrogens is 375 g/mol. The highest BCUT2D eigenvalue weighted by atomic mass is 19.4. The quantitative estimate of drug-likeness (QED) is 0.691. The SMILES string of the molecule is Cc1ccc(OCc2cc(C(=O)Nc3nccc(C(F)(F)F)n3)oc2C)cc1. The molecule has 3 aromatic rings. The van der Waals surface area contributed by atoms with E-state index in [2.05, 4.69) is 15.3 Å². The fraction of sp³-hybridized carbons (Fsp3) is 0.211. The van der Waals surface area contributed by atoms with E-state index in [1.807, 2.05) is 31.2 Å². The summed E-state index contributed by atoms with van der Waals surface area (Å²) < 4.78 is 49.1. The Morgan fingerprint density at radius 2 is 1.89 bits per heavy atom. The van der Waals surface area contributed by atoms with Gasteiger partial charge < -0.3 is 9.15 Å². The summed E-state index contributed by atoms with van der Waals surface area (Å²) in [7, 11) is 0. The topological polar surface area (TPSA) is 77.2 Å². The van der Waals surface area contributed by atoms with Gasteiger partial charge in [0.25, 0.3) is 5.91 Å². The van der Waals surface area contributed by atoms with E-state index in [1.165, 1.54) is 6.07 Å². The molecule has 1 N–H and O–H groups in total. The fourth-order valence-electron chi connectivity index (χ4n) is 2.31. The number of hydrogen-bond acceptors (Lipinski definition) is 5.